The zero-order chi connectivity index (χ0) is 20.4. The normalized spacial score (nSPS) is 15.0. The average Bonchev–Trinajstić information content (AvgIpc) is 3.18. The lowest BCUT2D eigenvalue weighted by molar-refractivity contribution is -0.146. The molecule has 2 heterocycles. The van der Waals surface area contributed by atoms with Crippen molar-refractivity contribution in [2.45, 2.75) is 26.9 Å². The van der Waals surface area contributed by atoms with E-state index in [0.29, 0.717) is 22.9 Å². The van der Waals surface area contributed by atoms with Crippen LogP contribution in [0.2, 0.25) is 5.02 Å². The number of Topliss-reactive ketones (excluding diaryl/α,β-unsaturated/α-hetero) is 1. The number of aryl methyl sites for hydroxylation is 1. The van der Waals surface area contributed by atoms with E-state index in [0.717, 1.165) is 17.1 Å². The largest absolute Gasteiger partial charge is 0.453 e. The standard InChI is InChI=1S/C20H21ClN2O4S/c1-12-10-17(13(2)23(12)16-6-4-15(21)5-7-16)19(25)14(3)27-18(24)11-22-8-9-28-20(22)26/h4-7,10,14H,8-9,11H2,1-3H3. The Labute approximate surface area is 172 Å². The molecule has 1 saturated heterocycles. The lowest BCUT2D eigenvalue weighted by Crippen LogP contribution is -2.34. The zero-order valence-corrected chi connectivity index (χ0v) is 17.5. The fourth-order valence-electron chi connectivity index (χ4n) is 3.23. The van der Waals surface area contributed by atoms with Gasteiger partial charge in [-0.25, -0.2) is 0 Å². The van der Waals surface area contributed by atoms with Crippen LogP contribution in [0.25, 0.3) is 5.69 Å². The monoisotopic (exact) mass is 420 g/mol. The van der Waals surface area contributed by atoms with Crippen molar-refractivity contribution in [3.05, 3.63) is 52.3 Å². The summed E-state index contributed by atoms with van der Waals surface area (Å²) in [5.41, 5.74) is 3.05. The molecule has 0 N–H and O–H groups in total. The van der Waals surface area contributed by atoms with Gasteiger partial charge < -0.3 is 14.2 Å². The number of carbonyl (C=O) groups is 3. The van der Waals surface area contributed by atoms with Gasteiger partial charge in [-0.2, -0.15) is 0 Å². The Balaban J connectivity index is 1.73. The molecule has 6 nitrogen and oxygen atoms in total. The Bertz CT molecular complexity index is 923. The van der Waals surface area contributed by atoms with Crippen LogP contribution in [0.4, 0.5) is 4.79 Å². The number of esters is 1. The van der Waals surface area contributed by atoms with E-state index in [9.17, 15) is 14.4 Å². The third kappa shape index (κ3) is 4.25. The van der Waals surface area contributed by atoms with Gasteiger partial charge in [-0.1, -0.05) is 23.4 Å². The first-order valence-electron chi connectivity index (χ1n) is 8.88. The van der Waals surface area contributed by atoms with Gasteiger partial charge in [0, 0.05) is 40.0 Å². The number of ketones is 1. The molecular formula is C20H21ClN2O4S. The molecular weight excluding hydrogens is 400 g/mol. The van der Waals surface area contributed by atoms with E-state index in [1.165, 1.54) is 16.7 Å². The van der Waals surface area contributed by atoms with Crippen LogP contribution in [0.3, 0.4) is 0 Å². The number of carbonyl (C=O) groups excluding carboxylic acids is 3. The van der Waals surface area contributed by atoms with Crippen LogP contribution in [-0.4, -0.2) is 51.4 Å². The average molecular weight is 421 g/mol. The summed E-state index contributed by atoms with van der Waals surface area (Å²) in [6, 6.07) is 9.13. The van der Waals surface area contributed by atoms with Crippen LogP contribution in [0.1, 0.15) is 28.7 Å². The fourth-order valence-corrected chi connectivity index (χ4v) is 4.18. The first-order chi connectivity index (χ1) is 13.3. The van der Waals surface area contributed by atoms with Crippen molar-refractivity contribution in [1.29, 1.82) is 0 Å². The second-order valence-electron chi connectivity index (χ2n) is 6.63. The van der Waals surface area contributed by atoms with Crippen molar-refractivity contribution in [3.8, 4) is 5.69 Å². The number of benzene rings is 1. The molecule has 1 fully saturated rings. The number of ether oxygens (including phenoxy) is 1. The molecule has 0 saturated carbocycles. The fraction of sp³-hybridized carbons (Fsp3) is 0.350. The molecule has 1 aromatic heterocycles. The van der Waals surface area contributed by atoms with Crippen molar-refractivity contribution < 1.29 is 19.1 Å². The highest BCUT2D eigenvalue weighted by atomic mass is 35.5. The SMILES string of the molecule is Cc1cc(C(=O)C(C)OC(=O)CN2CCSC2=O)c(C)n1-c1ccc(Cl)cc1. The topological polar surface area (TPSA) is 68.6 Å². The first-order valence-corrected chi connectivity index (χ1v) is 10.2. The summed E-state index contributed by atoms with van der Waals surface area (Å²) in [4.78, 5) is 38.0. The lowest BCUT2D eigenvalue weighted by atomic mass is 10.1. The van der Waals surface area contributed by atoms with Crippen molar-refractivity contribution in [3.63, 3.8) is 0 Å². The Morgan fingerprint density at radius 3 is 2.54 bits per heavy atom. The molecule has 0 spiro atoms. The molecule has 1 aliphatic rings. The molecule has 0 radical (unpaired) electrons. The summed E-state index contributed by atoms with van der Waals surface area (Å²) in [5.74, 6) is -0.191. The summed E-state index contributed by atoms with van der Waals surface area (Å²) < 4.78 is 7.24. The summed E-state index contributed by atoms with van der Waals surface area (Å²) in [6.07, 6.45) is -0.933. The van der Waals surface area contributed by atoms with Crippen LogP contribution in [-0.2, 0) is 9.53 Å². The number of nitrogens with zero attached hydrogens (tertiary/aromatic N) is 2. The van der Waals surface area contributed by atoms with E-state index in [2.05, 4.69) is 0 Å². The van der Waals surface area contributed by atoms with Crippen LogP contribution in [0, 0.1) is 13.8 Å². The maximum absolute atomic E-state index is 12.9. The van der Waals surface area contributed by atoms with Gasteiger partial charge >= 0.3 is 5.97 Å². The Morgan fingerprint density at radius 2 is 1.93 bits per heavy atom. The highest BCUT2D eigenvalue weighted by molar-refractivity contribution is 8.13. The molecule has 3 rings (SSSR count). The van der Waals surface area contributed by atoms with E-state index in [1.54, 1.807) is 25.1 Å². The third-order valence-electron chi connectivity index (χ3n) is 4.62. The Kier molecular flexibility index (Phi) is 6.15. The van der Waals surface area contributed by atoms with Gasteiger partial charge in [0.25, 0.3) is 5.24 Å². The minimum Gasteiger partial charge on any atom is -0.453 e. The van der Waals surface area contributed by atoms with E-state index in [4.69, 9.17) is 16.3 Å². The summed E-state index contributed by atoms with van der Waals surface area (Å²) in [6.45, 7) is 5.70. The summed E-state index contributed by atoms with van der Waals surface area (Å²) >= 11 is 7.13. The van der Waals surface area contributed by atoms with Gasteiger partial charge in [0.2, 0.25) is 5.78 Å². The number of halogens is 1. The predicted molar refractivity (Wildman–Crippen MR) is 110 cm³/mol. The molecule has 2 aromatic rings. The van der Waals surface area contributed by atoms with E-state index in [-0.39, 0.29) is 17.6 Å². The van der Waals surface area contributed by atoms with Crippen molar-refractivity contribution in [2.24, 2.45) is 0 Å². The van der Waals surface area contributed by atoms with Crippen molar-refractivity contribution in [1.82, 2.24) is 9.47 Å². The maximum atomic E-state index is 12.9. The molecule has 1 atom stereocenters. The Morgan fingerprint density at radius 1 is 1.25 bits per heavy atom. The molecule has 28 heavy (non-hydrogen) atoms. The van der Waals surface area contributed by atoms with Crippen LogP contribution in [0.15, 0.2) is 30.3 Å². The number of aromatic nitrogens is 1. The molecule has 1 aromatic carbocycles. The molecule has 1 aliphatic heterocycles. The van der Waals surface area contributed by atoms with Gasteiger partial charge in [0.15, 0.2) is 6.10 Å². The van der Waals surface area contributed by atoms with E-state index in [1.807, 2.05) is 30.5 Å². The molecule has 0 bridgehead atoms. The number of hydrogen-bond donors (Lipinski definition) is 0. The van der Waals surface area contributed by atoms with Gasteiger partial charge in [-0.05, 0) is 51.1 Å². The van der Waals surface area contributed by atoms with Crippen LogP contribution < -0.4 is 0 Å². The first kappa shape index (κ1) is 20.5. The maximum Gasteiger partial charge on any atom is 0.326 e. The number of rotatable bonds is 6. The smallest absolute Gasteiger partial charge is 0.326 e. The molecule has 1 amide bonds. The van der Waals surface area contributed by atoms with Crippen molar-refractivity contribution >= 4 is 40.4 Å². The van der Waals surface area contributed by atoms with Crippen LogP contribution >= 0.6 is 23.4 Å². The van der Waals surface area contributed by atoms with E-state index >= 15 is 0 Å². The minimum atomic E-state index is -0.933. The van der Waals surface area contributed by atoms with Crippen molar-refractivity contribution in [2.75, 3.05) is 18.8 Å². The Hall–Kier alpha value is -2.25. The van der Waals surface area contributed by atoms with Crippen LogP contribution in [0.5, 0.6) is 0 Å². The highest BCUT2D eigenvalue weighted by Gasteiger charge is 2.27. The third-order valence-corrected chi connectivity index (χ3v) is 5.77. The number of thioether (sulfide) groups is 1. The van der Waals surface area contributed by atoms with E-state index < -0.39 is 12.1 Å². The molecule has 1 unspecified atom stereocenters. The summed E-state index contributed by atoms with van der Waals surface area (Å²) in [7, 11) is 0. The van der Waals surface area contributed by atoms with Gasteiger partial charge in [-0.15, -0.1) is 0 Å². The second kappa shape index (κ2) is 8.41. The summed E-state index contributed by atoms with van der Waals surface area (Å²) in [5, 5.41) is 0.500. The minimum absolute atomic E-state index is 0.132. The predicted octanol–water partition coefficient (Wildman–Crippen LogP) is 4.03. The molecule has 0 aliphatic carbocycles. The van der Waals surface area contributed by atoms with Gasteiger partial charge in [0.1, 0.15) is 6.54 Å². The molecule has 8 heteroatoms. The number of amides is 1. The second-order valence-corrected chi connectivity index (χ2v) is 8.11. The van der Waals surface area contributed by atoms with Gasteiger partial charge in [0.05, 0.1) is 0 Å². The molecule has 148 valence electrons. The zero-order valence-electron chi connectivity index (χ0n) is 15.9. The quantitative estimate of drug-likeness (QED) is 0.521. The highest BCUT2D eigenvalue weighted by Crippen LogP contribution is 2.24. The van der Waals surface area contributed by atoms with Gasteiger partial charge in [-0.3, -0.25) is 14.4 Å². The lowest BCUT2D eigenvalue weighted by Gasteiger charge is -2.17. The number of hydrogen-bond acceptors (Lipinski definition) is 5.